The lowest BCUT2D eigenvalue weighted by Gasteiger charge is -2.34. The standard InChI is InChI=1S/C14H22F2N4O2/c1-10-12(11(2)20(17-10)14(15)16)9-13(22)19-5-3-18(4-6-19)7-8-21/h14,21H,3-9H2,1-2H3. The highest BCUT2D eigenvalue weighted by atomic mass is 19.3. The molecule has 0 bridgehead atoms. The molecule has 124 valence electrons. The van der Waals surface area contributed by atoms with Gasteiger partial charge < -0.3 is 10.0 Å². The van der Waals surface area contributed by atoms with Crippen molar-refractivity contribution in [2.45, 2.75) is 26.8 Å². The third-order valence-electron chi connectivity index (χ3n) is 4.13. The first-order valence-electron chi connectivity index (χ1n) is 7.37. The van der Waals surface area contributed by atoms with E-state index in [9.17, 15) is 13.6 Å². The third kappa shape index (κ3) is 3.61. The summed E-state index contributed by atoms with van der Waals surface area (Å²) in [5.74, 6) is -0.0661. The van der Waals surface area contributed by atoms with Crippen molar-refractivity contribution < 1.29 is 18.7 Å². The van der Waals surface area contributed by atoms with Gasteiger partial charge in [0.1, 0.15) is 0 Å². The molecule has 1 aliphatic rings. The van der Waals surface area contributed by atoms with Gasteiger partial charge in [0.15, 0.2) is 0 Å². The molecule has 0 unspecified atom stereocenters. The predicted octanol–water partition coefficient (Wildman–Crippen LogP) is 0.574. The molecule has 0 aromatic carbocycles. The molecule has 1 aromatic rings. The Morgan fingerprint density at radius 1 is 1.27 bits per heavy atom. The molecular formula is C14H22F2N4O2. The van der Waals surface area contributed by atoms with Crippen molar-refractivity contribution in [3.05, 3.63) is 17.0 Å². The Balaban J connectivity index is 1.98. The van der Waals surface area contributed by atoms with Crippen LogP contribution in [-0.2, 0) is 11.2 Å². The fraction of sp³-hybridized carbons (Fsp3) is 0.714. The van der Waals surface area contributed by atoms with E-state index in [2.05, 4.69) is 10.00 Å². The quantitative estimate of drug-likeness (QED) is 0.863. The maximum Gasteiger partial charge on any atom is 0.333 e. The number of carbonyl (C=O) groups excluding carboxylic acids is 1. The van der Waals surface area contributed by atoms with Crippen LogP contribution in [0.25, 0.3) is 0 Å². The number of rotatable bonds is 5. The van der Waals surface area contributed by atoms with Crippen molar-refractivity contribution in [3.63, 3.8) is 0 Å². The minimum atomic E-state index is -2.69. The highest BCUT2D eigenvalue weighted by Gasteiger charge is 2.24. The lowest BCUT2D eigenvalue weighted by molar-refractivity contribution is -0.132. The number of nitrogens with zero attached hydrogens (tertiary/aromatic N) is 4. The highest BCUT2D eigenvalue weighted by Crippen LogP contribution is 2.20. The summed E-state index contributed by atoms with van der Waals surface area (Å²) in [5.41, 5.74) is 1.41. The van der Waals surface area contributed by atoms with Gasteiger partial charge in [-0.2, -0.15) is 13.9 Å². The predicted molar refractivity (Wildman–Crippen MR) is 76.8 cm³/mol. The van der Waals surface area contributed by atoms with Crippen molar-refractivity contribution in [1.29, 1.82) is 0 Å². The summed E-state index contributed by atoms with van der Waals surface area (Å²) in [6, 6.07) is 0. The summed E-state index contributed by atoms with van der Waals surface area (Å²) >= 11 is 0. The van der Waals surface area contributed by atoms with E-state index in [0.29, 0.717) is 41.3 Å². The van der Waals surface area contributed by atoms with Gasteiger partial charge in [0.25, 0.3) is 0 Å². The number of β-amino-alcohol motifs (C(OH)–C–C–N with tert-alkyl or cyclic N) is 1. The Morgan fingerprint density at radius 2 is 1.91 bits per heavy atom. The van der Waals surface area contributed by atoms with Crippen molar-refractivity contribution >= 4 is 5.91 Å². The van der Waals surface area contributed by atoms with Crippen molar-refractivity contribution in [2.75, 3.05) is 39.3 Å². The zero-order chi connectivity index (χ0) is 16.3. The zero-order valence-electron chi connectivity index (χ0n) is 12.9. The number of hydrogen-bond acceptors (Lipinski definition) is 4. The molecule has 0 saturated carbocycles. The first-order valence-corrected chi connectivity index (χ1v) is 7.37. The van der Waals surface area contributed by atoms with E-state index in [1.807, 2.05) is 0 Å². The monoisotopic (exact) mass is 316 g/mol. The number of aliphatic hydroxyl groups is 1. The van der Waals surface area contributed by atoms with Crippen LogP contribution in [0.3, 0.4) is 0 Å². The van der Waals surface area contributed by atoms with Gasteiger partial charge in [-0.05, 0) is 13.8 Å². The second-order valence-electron chi connectivity index (χ2n) is 5.49. The number of aromatic nitrogens is 2. The van der Waals surface area contributed by atoms with Gasteiger partial charge in [0.2, 0.25) is 5.91 Å². The van der Waals surface area contributed by atoms with E-state index < -0.39 is 6.55 Å². The van der Waals surface area contributed by atoms with Crippen LogP contribution in [0.4, 0.5) is 8.78 Å². The molecule has 2 rings (SSSR count). The van der Waals surface area contributed by atoms with E-state index in [1.165, 1.54) is 0 Å². The molecule has 1 aromatic heterocycles. The van der Waals surface area contributed by atoms with Crippen molar-refractivity contribution in [2.24, 2.45) is 0 Å². The number of aryl methyl sites for hydroxylation is 1. The van der Waals surface area contributed by atoms with E-state index in [-0.39, 0.29) is 18.9 Å². The number of halogens is 2. The van der Waals surface area contributed by atoms with Gasteiger partial charge in [-0.15, -0.1) is 0 Å². The van der Waals surface area contributed by atoms with Gasteiger partial charge in [-0.1, -0.05) is 0 Å². The van der Waals surface area contributed by atoms with Crippen molar-refractivity contribution in [1.82, 2.24) is 19.6 Å². The fourth-order valence-electron chi connectivity index (χ4n) is 2.77. The second-order valence-corrected chi connectivity index (χ2v) is 5.49. The Morgan fingerprint density at radius 3 is 2.41 bits per heavy atom. The Kier molecular flexibility index (Phi) is 5.47. The van der Waals surface area contributed by atoms with Crippen LogP contribution >= 0.6 is 0 Å². The first kappa shape index (κ1) is 16.8. The molecule has 1 aliphatic heterocycles. The number of carbonyl (C=O) groups is 1. The van der Waals surface area contributed by atoms with Crippen LogP contribution in [0.5, 0.6) is 0 Å². The van der Waals surface area contributed by atoms with Crippen LogP contribution in [0.15, 0.2) is 0 Å². The average Bonchev–Trinajstić information content (AvgIpc) is 2.76. The molecule has 0 spiro atoms. The van der Waals surface area contributed by atoms with Crippen molar-refractivity contribution in [3.8, 4) is 0 Å². The van der Waals surface area contributed by atoms with Crippen LogP contribution in [0, 0.1) is 13.8 Å². The minimum absolute atomic E-state index is 0.0661. The number of piperazine rings is 1. The number of aliphatic hydroxyl groups excluding tert-OH is 1. The van der Waals surface area contributed by atoms with E-state index in [0.717, 1.165) is 13.1 Å². The number of alkyl halides is 2. The first-order chi connectivity index (χ1) is 10.4. The normalized spacial score (nSPS) is 16.5. The largest absolute Gasteiger partial charge is 0.395 e. The third-order valence-corrected chi connectivity index (χ3v) is 4.13. The molecule has 1 fully saturated rings. The summed E-state index contributed by atoms with van der Waals surface area (Å²) in [4.78, 5) is 16.2. The molecule has 1 saturated heterocycles. The summed E-state index contributed by atoms with van der Waals surface area (Å²) in [6.45, 7) is 3.88. The van der Waals surface area contributed by atoms with Crippen LogP contribution in [-0.4, -0.2) is 69.9 Å². The van der Waals surface area contributed by atoms with E-state index >= 15 is 0 Å². The SMILES string of the molecule is Cc1nn(C(F)F)c(C)c1CC(=O)N1CCN(CCO)CC1. The summed E-state index contributed by atoms with van der Waals surface area (Å²) in [6.07, 6.45) is 0.102. The minimum Gasteiger partial charge on any atom is -0.395 e. The smallest absolute Gasteiger partial charge is 0.333 e. The summed E-state index contributed by atoms with van der Waals surface area (Å²) in [5, 5.41) is 12.7. The zero-order valence-corrected chi connectivity index (χ0v) is 12.9. The molecule has 0 atom stereocenters. The fourth-order valence-corrected chi connectivity index (χ4v) is 2.77. The molecule has 0 radical (unpaired) electrons. The highest BCUT2D eigenvalue weighted by molar-refractivity contribution is 5.79. The molecule has 8 heteroatoms. The maximum absolute atomic E-state index is 12.8. The van der Waals surface area contributed by atoms with E-state index in [4.69, 9.17) is 5.11 Å². The van der Waals surface area contributed by atoms with Gasteiger partial charge in [0, 0.05) is 44.0 Å². The lowest BCUT2D eigenvalue weighted by atomic mass is 10.1. The molecule has 1 N–H and O–H groups in total. The van der Waals surface area contributed by atoms with Gasteiger partial charge >= 0.3 is 6.55 Å². The summed E-state index contributed by atoms with van der Waals surface area (Å²) in [7, 11) is 0. The van der Waals surface area contributed by atoms with Crippen LogP contribution in [0.2, 0.25) is 0 Å². The molecule has 0 aliphatic carbocycles. The topological polar surface area (TPSA) is 61.6 Å². The Bertz CT molecular complexity index is 525. The second kappa shape index (κ2) is 7.15. The number of amides is 1. The van der Waals surface area contributed by atoms with E-state index in [1.54, 1.807) is 18.7 Å². The van der Waals surface area contributed by atoms with Gasteiger partial charge in [-0.3, -0.25) is 9.69 Å². The molecule has 22 heavy (non-hydrogen) atoms. The Labute approximate surface area is 128 Å². The van der Waals surface area contributed by atoms with Gasteiger partial charge in [-0.25, -0.2) is 4.68 Å². The lowest BCUT2D eigenvalue weighted by Crippen LogP contribution is -2.49. The maximum atomic E-state index is 12.8. The molecular weight excluding hydrogens is 294 g/mol. The molecule has 2 heterocycles. The van der Waals surface area contributed by atoms with Gasteiger partial charge in [0.05, 0.1) is 18.7 Å². The van der Waals surface area contributed by atoms with Crippen LogP contribution in [0.1, 0.15) is 23.5 Å². The Hall–Kier alpha value is -1.54. The molecule has 1 amide bonds. The average molecular weight is 316 g/mol. The molecule has 6 nitrogen and oxygen atoms in total. The summed E-state index contributed by atoms with van der Waals surface area (Å²) < 4.78 is 26.3. The number of hydrogen-bond donors (Lipinski definition) is 1. The van der Waals surface area contributed by atoms with Crippen LogP contribution < -0.4 is 0 Å².